The molecule has 0 radical (unpaired) electrons. The van der Waals surface area contributed by atoms with Crippen LogP contribution in [0.5, 0.6) is 0 Å². The van der Waals surface area contributed by atoms with Crippen LogP contribution in [0.1, 0.15) is 133 Å². The fourth-order valence-corrected chi connectivity index (χ4v) is 10.3. The summed E-state index contributed by atoms with van der Waals surface area (Å²) in [7, 11) is 0. The number of nitrogens with one attached hydrogen (secondary N) is 1. The van der Waals surface area contributed by atoms with Gasteiger partial charge in [-0.05, 0) is 184 Å². The smallest absolute Gasteiger partial charge is 0.339 e. The minimum atomic E-state index is -0.385. The average molecular weight is 1150 g/mol. The van der Waals surface area contributed by atoms with Crippen molar-refractivity contribution >= 4 is 93.0 Å². The molecule has 4 saturated heterocycles. The number of likely N-dealkylation sites (N-methyl/N-ethyl adjacent to an activating group) is 1. The van der Waals surface area contributed by atoms with E-state index in [2.05, 4.69) is 47.7 Å². The van der Waals surface area contributed by atoms with E-state index in [0.717, 1.165) is 110 Å². The molecule has 4 unspecified atom stereocenters. The number of carbonyl (C=O) groups is 4. The summed E-state index contributed by atoms with van der Waals surface area (Å²) in [6.45, 7) is 18.0. The van der Waals surface area contributed by atoms with Gasteiger partial charge in [-0.15, -0.1) is 0 Å². The zero-order chi connectivity index (χ0) is 56.0. The summed E-state index contributed by atoms with van der Waals surface area (Å²) in [5.41, 5.74) is 26.1. The van der Waals surface area contributed by atoms with Gasteiger partial charge in [0.1, 0.15) is 24.4 Å². The van der Waals surface area contributed by atoms with Gasteiger partial charge in [0.15, 0.2) is 0 Å². The van der Waals surface area contributed by atoms with E-state index in [0.29, 0.717) is 77.7 Å². The molecule has 4 aromatic carbocycles. The van der Waals surface area contributed by atoms with E-state index in [1.165, 1.54) is 12.8 Å². The third-order valence-electron chi connectivity index (χ3n) is 13.5. The van der Waals surface area contributed by atoms with Crippen LogP contribution < -0.4 is 28.3 Å². The highest BCUT2D eigenvalue weighted by Gasteiger charge is 2.28. The monoisotopic (exact) mass is 1140 g/mol. The van der Waals surface area contributed by atoms with Gasteiger partial charge in [-0.25, -0.2) is 19.2 Å². The maximum atomic E-state index is 12.2. The van der Waals surface area contributed by atoms with E-state index >= 15 is 0 Å². The van der Waals surface area contributed by atoms with Crippen molar-refractivity contribution in [1.29, 1.82) is 0 Å². The zero-order valence-corrected chi connectivity index (χ0v) is 47.9. The van der Waals surface area contributed by atoms with Crippen LogP contribution >= 0.6 is 46.4 Å². The van der Waals surface area contributed by atoms with E-state index in [9.17, 15) is 19.2 Å². The molecule has 0 bridgehead atoms. The summed E-state index contributed by atoms with van der Waals surface area (Å²) in [5.74, 6) is -1.48. The molecule has 4 atom stereocenters. The van der Waals surface area contributed by atoms with Gasteiger partial charge in [0.05, 0.1) is 42.3 Å². The summed E-state index contributed by atoms with van der Waals surface area (Å²) in [6, 6.07) is 19.8. The fraction of sp³-hybridized carbons (Fsp3) is 0.509. The Morgan fingerprint density at radius 1 is 0.532 bits per heavy atom. The van der Waals surface area contributed by atoms with Gasteiger partial charge in [-0.3, -0.25) is 14.7 Å². The Morgan fingerprint density at radius 2 is 0.896 bits per heavy atom. The van der Waals surface area contributed by atoms with Crippen LogP contribution in [0.3, 0.4) is 0 Å². The lowest BCUT2D eigenvalue weighted by Gasteiger charge is -2.34. The number of ether oxygens (including phenoxy) is 4. The van der Waals surface area contributed by atoms with Crippen LogP contribution in [0.2, 0.25) is 20.1 Å². The van der Waals surface area contributed by atoms with Crippen molar-refractivity contribution in [3.63, 3.8) is 0 Å². The molecule has 4 fully saturated rings. The molecular formula is C57H78Cl4N8O8. The number of nitrogens with zero attached hydrogens (tertiary/aromatic N) is 3. The molecule has 0 saturated carbocycles. The quantitative estimate of drug-likeness (QED) is 0.0476. The molecular weight excluding hydrogens is 1070 g/mol. The number of benzene rings is 4. The zero-order valence-electron chi connectivity index (χ0n) is 44.9. The third-order valence-corrected chi connectivity index (χ3v) is 14.8. The molecule has 0 amide bonds. The summed E-state index contributed by atoms with van der Waals surface area (Å²) >= 11 is 24.0. The van der Waals surface area contributed by atoms with Gasteiger partial charge in [-0.2, -0.15) is 0 Å². The van der Waals surface area contributed by atoms with Crippen LogP contribution in [0, 0.1) is 0 Å². The van der Waals surface area contributed by atoms with E-state index < -0.39 is 0 Å². The van der Waals surface area contributed by atoms with E-state index in [1.54, 1.807) is 72.8 Å². The van der Waals surface area contributed by atoms with Gasteiger partial charge in [0, 0.05) is 55.0 Å². The summed E-state index contributed by atoms with van der Waals surface area (Å²) in [6.07, 6.45) is 9.97. The minimum absolute atomic E-state index is 0.0447. The molecule has 422 valence electrons. The highest BCUT2D eigenvalue weighted by Crippen LogP contribution is 2.26. The summed E-state index contributed by atoms with van der Waals surface area (Å²) < 4.78 is 22.1. The predicted molar refractivity (Wildman–Crippen MR) is 310 cm³/mol. The van der Waals surface area contributed by atoms with Crippen LogP contribution in [-0.4, -0.2) is 134 Å². The summed E-state index contributed by atoms with van der Waals surface area (Å²) in [5, 5.41) is 4.54. The Kier molecular flexibility index (Phi) is 26.2. The highest BCUT2D eigenvalue weighted by atomic mass is 35.5. The van der Waals surface area contributed by atoms with Crippen LogP contribution in [0.4, 0.5) is 22.7 Å². The lowest BCUT2D eigenvalue weighted by Crippen LogP contribution is -2.43. The Labute approximate surface area is 474 Å². The van der Waals surface area contributed by atoms with E-state index in [1.807, 2.05) is 0 Å². The number of carbonyl (C=O) groups excluding carboxylic acids is 4. The van der Waals surface area contributed by atoms with Crippen molar-refractivity contribution in [1.82, 2.24) is 20.0 Å². The molecule has 0 aliphatic carbocycles. The minimum Gasteiger partial charge on any atom is -0.457 e. The molecule has 9 N–H and O–H groups in total. The van der Waals surface area contributed by atoms with Crippen molar-refractivity contribution in [2.24, 2.45) is 0 Å². The maximum absolute atomic E-state index is 12.2. The second kappa shape index (κ2) is 32.1. The van der Waals surface area contributed by atoms with Crippen LogP contribution in [-0.2, 0) is 18.9 Å². The first-order valence-corrected chi connectivity index (χ1v) is 28.3. The number of unbranched alkanes of at least 4 members (excludes halogenated alkanes) is 1. The van der Waals surface area contributed by atoms with E-state index in [-0.39, 0.29) is 48.3 Å². The second-order valence-corrected chi connectivity index (χ2v) is 21.6. The topological polar surface area (TPSA) is 231 Å². The molecule has 8 rings (SSSR count). The molecule has 20 heteroatoms. The van der Waals surface area contributed by atoms with Gasteiger partial charge in [0.25, 0.3) is 0 Å². The molecule has 16 nitrogen and oxygen atoms in total. The number of piperidine rings is 4. The number of nitrogen functional groups attached to an aromatic ring is 4. The largest absolute Gasteiger partial charge is 0.457 e. The van der Waals surface area contributed by atoms with Gasteiger partial charge < -0.3 is 47.2 Å². The van der Waals surface area contributed by atoms with Crippen LogP contribution in [0.15, 0.2) is 72.8 Å². The van der Waals surface area contributed by atoms with E-state index in [4.69, 9.17) is 88.3 Å². The molecule has 4 heterocycles. The van der Waals surface area contributed by atoms with Crippen molar-refractivity contribution in [3.8, 4) is 0 Å². The van der Waals surface area contributed by atoms with Crippen molar-refractivity contribution in [2.75, 3.05) is 88.4 Å². The number of hydrogen-bond acceptors (Lipinski definition) is 16. The lowest BCUT2D eigenvalue weighted by atomic mass is 10.1. The third kappa shape index (κ3) is 20.9. The molecule has 0 aromatic heterocycles. The number of likely N-dealkylation sites (tertiary alicyclic amines) is 3. The van der Waals surface area contributed by atoms with Crippen LogP contribution in [0.25, 0.3) is 0 Å². The fourth-order valence-electron chi connectivity index (χ4n) is 9.19. The SMILES string of the molecule is CC(C)N1CCCC(OC(=O)c2ccc(N)cc2Cl)C1.CCCCN1CCCC(OC(=O)c2ccc(N)cc2Cl)C1.CCN1CCCC(OC(=O)c2ccc(N)cc2Cl)C1.Nc1ccc(C(=O)OC2CCCNC2)c(Cl)c1. The first-order chi connectivity index (χ1) is 36.8. The van der Waals surface area contributed by atoms with Gasteiger partial charge in [0.2, 0.25) is 0 Å². The average Bonchev–Trinajstić information content (AvgIpc) is 3.39. The summed E-state index contributed by atoms with van der Waals surface area (Å²) in [4.78, 5) is 55.3. The standard InChI is InChI=1S/C16H23ClN2O2.C15H21ClN2O2.C14H19ClN2O2.C12H15ClN2O2/c1-2-3-8-19-9-4-5-13(11-19)21-16(20)14-7-6-12(18)10-15(14)17;1-10(2)18-7-3-4-12(9-18)20-15(19)13-6-5-11(17)8-14(13)16;1-2-17-7-3-4-11(9-17)19-14(18)12-6-5-10(16)8-13(12)15;13-11-6-8(14)3-4-10(11)12(16)17-9-2-1-5-15-7-9/h6-7,10,13H,2-5,8-9,11,18H2,1H3;5-6,8,10,12H,3-4,7,9,17H2,1-2H3;5-6,8,11H,2-4,7,9,16H2,1H3;3-4,6,9,15H,1-2,5,7,14H2. The second-order valence-electron chi connectivity index (χ2n) is 20.0. The van der Waals surface area contributed by atoms with Crippen molar-refractivity contribution in [3.05, 3.63) is 115 Å². The molecule has 4 aliphatic heterocycles. The first kappa shape index (κ1) is 62.8. The predicted octanol–water partition coefficient (Wildman–Crippen LogP) is 10.7. The Bertz CT molecular complexity index is 2550. The number of nitrogens with two attached hydrogens (primary N) is 4. The Balaban J connectivity index is 0.000000190. The maximum Gasteiger partial charge on any atom is 0.339 e. The number of esters is 4. The lowest BCUT2D eigenvalue weighted by molar-refractivity contribution is 0.00149. The highest BCUT2D eigenvalue weighted by molar-refractivity contribution is 6.35. The van der Waals surface area contributed by atoms with Gasteiger partial charge in [-0.1, -0.05) is 66.7 Å². The van der Waals surface area contributed by atoms with Crippen molar-refractivity contribution in [2.45, 2.75) is 122 Å². The molecule has 77 heavy (non-hydrogen) atoms. The first-order valence-electron chi connectivity index (χ1n) is 26.8. The number of hydrogen-bond donors (Lipinski definition) is 5. The number of anilines is 4. The van der Waals surface area contributed by atoms with Crippen molar-refractivity contribution < 1.29 is 38.1 Å². The number of halogens is 4. The molecule has 4 aromatic rings. The number of rotatable bonds is 13. The Hall–Kier alpha value is -5.04. The molecule has 4 aliphatic rings. The normalized spacial score (nSPS) is 19.9. The van der Waals surface area contributed by atoms with Gasteiger partial charge >= 0.3 is 23.9 Å². The Morgan fingerprint density at radius 3 is 1.26 bits per heavy atom. The molecule has 0 spiro atoms.